The monoisotopic (exact) mass is 364 g/mol. The average Bonchev–Trinajstić information content (AvgIpc) is 2.64. The van der Waals surface area contributed by atoms with Gasteiger partial charge >= 0.3 is 16.9 Å². The van der Waals surface area contributed by atoms with E-state index in [9.17, 15) is 19.7 Å². The van der Waals surface area contributed by atoms with Crippen LogP contribution in [0.2, 0.25) is 0 Å². The Morgan fingerprint density at radius 3 is 1.81 bits per heavy atom. The molecule has 0 spiro atoms. The fourth-order valence-corrected chi connectivity index (χ4v) is 4.47. The second-order valence-corrected chi connectivity index (χ2v) is 7.81. The van der Waals surface area contributed by atoms with Crippen LogP contribution in [0.1, 0.15) is 64.2 Å². The molecule has 0 saturated heterocycles. The van der Waals surface area contributed by atoms with E-state index in [0.29, 0.717) is 6.54 Å². The maximum absolute atomic E-state index is 13.0. The lowest BCUT2D eigenvalue weighted by Crippen LogP contribution is -2.44. The van der Waals surface area contributed by atoms with Crippen LogP contribution in [0.15, 0.2) is 9.59 Å². The molecule has 1 aromatic rings. The van der Waals surface area contributed by atoms with Gasteiger partial charge in [0.2, 0.25) is 0 Å². The third-order valence-electron chi connectivity index (χ3n) is 5.96. The molecule has 2 N–H and O–H groups in total. The molecule has 1 heterocycles. The van der Waals surface area contributed by atoms with E-state index in [-0.39, 0.29) is 24.2 Å². The molecule has 26 heavy (non-hydrogen) atoms. The van der Waals surface area contributed by atoms with Gasteiger partial charge in [0.05, 0.1) is 4.92 Å². The van der Waals surface area contributed by atoms with Crippen LogP contribution in [0.3, 0.4) is 0 Å². The third-order valence-corrected chi connectivity index (χ3v) is 5.96. The zero-order valence-electron chi connectivity index (χ0n) is 15.2. The van der Waals surface area contributed by atoms with Gasteiger partial charge in [-0.3, -0.25) is 24.0 Å². The molecule has 0 radical (unpaired) electrons. The second kappa shape index (κ2) is 8.05. The van der Waals surface area contributed by atoms with Crippen LogP contribution in [0.5, 0.6) is 0 Å². The summed E-state index contributed by atoms with van der Waals surface area (Å²) in [5, 5.41) is 11.4. The van der Waals surface area contributed by atoms with Crippen LogP contribution in [-0.4, -0.2) is 14.1 Å². The second-order valence-electron chi connectivity index (χ2n) is 7.81. The minimum absolute atomic E-state index is 0.223. The molecule has 1 aromatic heterocycles. The summed E-state index contributed by atoms with van der Waals surface area (Å²) >= 11 is 0. The molecule has 2 saturated carbocycles. The topological polar surface area (TPSA) is 113 Å². The van der Waals surface area contributed by atoms with E-state index >= 15 is 0 Å². The number of aromatic nitrogens is 2. The minimum Gasteiger partial charge on any atom is -0.379 e. The van der Waals surface area contributed by atoms with Crippen molar-refractivity contribution in [2.24, 2.45) is 11.8 Å². The summed E-state index contributed by atoms with van der Waals surface area (Å²) in [5.41, 5.74) is 3.91. The Kier molecular flexibility index (Phi) is 5.78. The van der Waals surface area contributed by atoms with Crippen LogP contribution in [0, 0.1) is 22.0 Å². The maximum Gasteiger partial charge on any atom is 0.374 e. The number of rotatable bonds is 5. The predicted octanol–water partition coefficient (Wildman–Crippen LogP) is 2.66. The molecule has 0 bridgehead atoms. The van der Waals surface area contributed by atoms with Crippen molar-refractivity contribution >= 4 is 11.5 Å². The Hall–Kier alpha value is -2.12. The van der Waals surface area contributed by atoms with E-state index in [1.807, 2.05) is 0 Å². The molecule has 144 valence electrons. The Bertz CT molecular complexity index is 771. The first-order valence-electron chi connectivity index (χ1n) is 9.76. The lowest BCUT2D eigenvalue weighted by atomic mass is 9.89. The first-order valence-corrected chi connectivity index (χ1v) is 9.76. The van der Waals surface area contributed by atoms with Gasteiger partial charge in [-0.2, -0.15) is 0 Å². The third kappa shape index (κ3) is 3.83. The van der Waals surface area contributed by atoms with Crippen molar-refractivity contribution in [1.82, 2.24) is 9.13 Å². The minimum atomic E-state index is -0.858. The number of nitrogens with two attached hydrogens (primary N) is 1. The summed E-state index contributed by atoms with van der Waals surface area (Å²) in [6, 6.07) is 0. The predicted molar refractivity (Wildman–Crippen MR) is 99.2 cm³/mol. The van der Waals surface area contributed by atoms with Crippen LogP contribution in [0.25, 0.3) is 0 Å². The van der Waals surface area contributed by atoms with Crippen LogP contribution >= 0.6 is 0 Å². The largest absolute Gasteiger partial charge is 0.379 e. The van der Waals surface area contributed by atoms with Crippen molar-refractivity contribution in [3.05, 3.63) is 31.0 Å². The molecular formula is C18H28N4O4. The molecule has 0 atom stereocenters. The van der Waals surface area contributed by atoms with Gasteiger partial charge in [0.25, 0.3) is 0 Å². The number of anilines is 1. The van der Waals surface area contributed by atoms with E-state index < -0.39 is 21.9 Å². The van der Waals surface area contributed by atoms with Crippen molar-refractivity contribution in [2.75, 3.05) is 5.73 Å². The van der Waals surface area contributed by atoms with Gasteiger partial charge in [-0.1, -0.05) is 38.5 Å². The lowest BCUT2D eigenvalue weighted by Gasteiger charge is -2.25. The van der Waals surface area contributed by atoms with Crippen LogP contribution < -0.4 is 17.0 Å². The standard InChI is InChI=1S/C18H28N4O4/c19-16-15(22(25)26)17(23)21(12-14-9-5-2-6-10-14)18(24)20(16)11-13-7-3-1-4-8-13/h13-14H,1-12,19H2. The molecule has 3 rings (SSSR count). The number of nitrogens with zero attached hydrogens (tertiary/aromatic N) is 3. The first kappa shape index (κ1) is 18.7. The van der Waals surface area contributed by atoms with Crippen molar-refractivity contribution < 1.29 is 4.92 Å². The number of nitro groups is 1. The fourth-order valence-electron chi connectivity index (χ4n) is 4.47. The van der Waals surface area contributed by atoms with Crippen molar-refractivity contribution in [1.29, 1.82) is 0 Å². The molecule has 2 aliphatic rings. The highest BCUT2D eigenvalue weighted by molar-refractivity contribution is 5.51. The quantitative estimate of drug-likeness (QED) is 0.637. The summed E-state index contributed by atoms with van der Waals surface area (Å²) in [6.07, 6.45) is 10.6. The van der Waals surface area contributed by atoms with Crippen molar-refractivity contribution in [2.45, 2.75) is 77.3 Å². The Balaban J connectivity index is 2.00. The van der Waals surface area contributed by atoms with Gasteiger partial charge < -0.3 is 5.73 Å². The van der Waals surface area contributed by atoms with Crippen LogP contribution in [0.4, 0.5) is 11.5 Å². The van der Waals surface area contributed by atoms with Gasteiger partial charge in [-0.25, -0.2) is 4.79 Å². The molecule has 8 heteroatoms. The lowest BCUT2D eigenvalue weighted by molar-refractivity contribution is -0.386. The van der Waals surface area contributed by atoms with E-state index in [4.69, 9.17) is 5.73 Å². The highest BCUT2D eigenvalue weighted by atomic mass is 16.6. The van der Waals surface area contributed by atoms with Crippen molar-refractivity contribution in [3.63, 3.8) is 0 Å². The smallest absolute Gasteiger partial charge is 0.374 e. The highest BCUT2D eigenvalue weighted by Gasteiger charge is 2.29. The molecule has 8 nitrogen and oxygen atoms in total. The zero-order chi connectivity index (χ0) is 18.7. The molecule has 2 aliphatic carbocycles. The summed E-state index contributed by atoms with van der Waals surface area (Å²) in [7, 11) is 0. The van der Waals surface area contributed by atoms with E-state index in [1.165, 1.54) is 17.4 Å². The summed E-state index contributed by atoms with van der Waals surface area (Å²) in [6.45, 7) is 0.611. The number of hydrogen-bond acceptors (Lipinski definition) is 5. The Morgan fingerprint density at radius 2 is 1.35 bits per heavy atom. The van der Waals surface area contributed by atoms with Gasteiger partial charge in [0.1, 0.15) is 0 Å². The van der Waals surface area contributed by atoms with E-state index in [0.717, 1.165) is 55.9 Å². The van der Waals surface area contributed by atoms with Gasteiger partial charge in [-0.15, -0.1) is 0 Å². The fraction of sp³-hybridized carbons (Fsp3) is 0.778. The first-order chi connectivity index (χ1) is 12.5. The van der Waals surface area contributed by atoms with Gasteiger partial charge in [0.15, 0.2) is 5.82 Å². The summed E-state index contributed by atoms with van der Waals surface area (Å²) < 4.78 is 2.34. The summed E-state index contributed by atoms with van der Waals surface area (Å²) in [4.78, 5) is 36.2. The zero-order valence-corrected chi connectivity index (χ0v) is 15.2. The number of nitrogen functional groups attached to an aromatic ring is 1. The molecule has 2 fully saturated rings. The normalized spacial score (nSPS) is 19.5. The molecule has 0 amide bonds. The Labute approximate surface area is 152 Å². The van der Waals surface area contributed by atoms with E-state index in [1.54, 1.807) is 0 Å². The molecule has 0 aromatic carbocycles. The van der Waals surface area contributed by atoms with Crippen LogP contribution in [-0.2, 0) is 13.1 Å². The maximum atomic E-state index is 13.0. The molecular weight excluding hydrogens is 336 g/mol. The number of hydrogen-bond donors (Lipinski definition) is 1. The van der Waals surface area contributed by atoms with Gasteiger partial charge in [-0.05, 0) is 37.5 Å². The molecule has 0 unspecified atom stereocenters. The highest BCUT2D eigenvalue weighted by Crippen LogP contribution is 2.27. The van der Waals surface area contributed by atoms with E-state index in [2.05, 4.69) is 0 Å². The van der Waals surface area contributed by atoms with Crippen molar-refractivity contribution in [3.8, 4) is 0 Å². The SMILES string of the molecule is Nc1c([N+](=O)[O-])c(=O)n(CC2CCCCC2)c(=O)n1CC1CCCCC1. The Morgan fingerprint density at radius 1 is 0.885 bits per heavy atom. The summed E-state index contributed by atoms with van der Waals surface area (Å²) in [5.74, 6) is 0.208. The average molecular weight is 364 g/mol. The molecule has 0 aliphatic heterocycles. The van der Waals surface area contributed by atoms with Gasteiger partial charge in [0, 0.05) is 13.1 Å².